The standard InChI is InChI=1S/C11H16O3Si/c1-3-11(13-4-2)14-15-10-8-6-5-7-9(10)12/h5-8,11-12H,3-4H2,1-2H3. The van der Waals surface area contributed by atoms with E-state index in [0.717, 1.165) is 11.6 Å². The van der Waals surface area contributed by atoms with E-state index in [4.69, 9.17) is 9.16 Å². The molecule has 0 aliphatic rings. The van der Waals surface area contributed by atoms with E-state index in [0.29, 0.717) is 6.61 Å². The summed E-state index contributed by atoms with van der Waals surface area (Å²) in [6, 6.07) is 7.19. The average Bonchev–Trinajstić information content (AvgIpc) is 2.26. The number of hydrogen-bond acceptors (Lipinski definition) is 3. The minimum atomic E-state index is -0.173. The number of hydrogen-bond donors (Lipinski definition) is 1. The summed E-state index contributed by atoms with van der Waals surface area (Å²) >= 11 is 0. The van der Waals surface area contributed by atoms with Crippen LogP contribution in [0.5, 0.6) is 5.75 Å². The Kier molecular flexibility index (Phi) is 5.38. The van der Waals surface area contributed by atoms with E-state index in [9.17, 15) is 5.11 Å². The van der Waals surface area contributed by atoms with E-state index in [1.165, 1.54) is 0 Å². The normalized spacial score (nSPS) is 12.7. The lowest BCUT2D eigenvalue weighted by Crippen LogP contribution is -2.25. The Morgan fingerprint density at radius 1 is 1.33 bits per heavy atom. The van der Waals surface area contributed by atoms with Gasteiger partial charge >= 0.3 is 0 Å². The van der Waals surface area contributed by atoms with Crippen molar-refractivity contribution in [2.45, 2.75) is 26.6 Å². The first-order chi connectivity index (χ1) is 7.27. The molecule has 0 aliphatic heterocycles. The molecule has 0 saturated heterocycles. The van der Waals surface area contributed by atoms with Gasteiger partial charge in [-0.1, -0.05) is 25.1 Å². The van der Waals surface area contributed by atoms with Crippen LogP contribution in [0.25, 0.3) is 0 Å². The van der Waals surface area contributed by atoms with Crippen molar-refractivity contribution >= 4 is 14.9 Å². The van der Waals surface area contributed by atoms with Gasteiger partial charge < -0.3 is 14.3 Å². The van der Waals surface area contributed by atoms with Crippen molar-refractivity contribution in [2.24, 2.45) is 0 Å². The quantitative estimate of drug-likeness (QED) is 0.587. The Labute approximate surface area is 93.0 Å². The SMILES string of the molecule is CCOC(CC)O[Si]c1ccccc1O. The lowest BCUT2D eigenvalue weighted by atomic mass is 10.3. The van der Waals surface area contributed by atoms with Gasteiger partial charge in [-0.3, -0.25) is 0 Å². The number of ether oxygens (including phenoxy) is 1. The summed E-state index contributed by atoms with van der Waals surface area (Å²) in [6.45, 7) is 4.59. The minimum absolute atomic E-state index is 0.125. The second kappa shape index (κ2) is 6.61. The maximum Gasteiger partial charge on any atom is 0.276 e. The summed E-state index contributed by atoms with van der Waals surface area (Å²) in [6.07, 6.45) is 0.641. The van der Waals surface area contributed by atoms with Crippen LogP contribution in [0.4, 0.5) is 0 Å². The van der Waals surface area contributed by atoms with Crippen molar-refractivity contribution in [2.75, 3.05) is 6.61 Å². The number of rotatable bonds is 6. The van der Waals surface area contributed by atoms with Crippen molar-refractivity contribution in [1.29, 1.82) is 0 Å². The predicted octanol–water partition coefficient (Wildman–Crippen LogP) is 1.43. The van der Waals surface area contributed by atoms with E-state index in [-0.39, 0.29) is 21.8 Å². The van der Waals surface area contributed by atoms with Crippen LogP contribution in [-0.4, -0.2) is 27.8 Å². The van der Waals surface area contributed by atoms with E-state index in [1.54, 1.807) is 12.1 Å². The molecule has 0 heterocycles. The first kappa shape index (κ1) is 12.2. The first-order valence-corrected chi connectivity index (χ1v) is 6.00. The van der Waals surface area contributed by atoms with Gasteiger partial charge in [0.2, 0.25) is 0 Å². The van der Waals surface area contributed by atoms with E-state index < -0.39 is 0 Å². The number of aromatic hydroxyl groups is 1. The van der Waals surface area contributed by atoms with Gasteiger partial charge in [0.05, 0.1) is 0 Å². The number of para-hydroxylation sites is 1. The summed E-state index contributed by atoms with van der Waals surface area (Å²) in [5.74, 6) is 0.280. The monoisotopic (exact) mass is 224 g/mol. The first-order valence-electron chi connectivity index (χ1n) is 5.09. The second-order valence-electron chi connectivity index (χ2n) is 3.03. The van der Waals surface area contributed by atoms with Gasteiger partial charge in [-0.05, 0) is 19.4 Å². The average molecular weight is 224 g/mol. The Morgan fingerprint density at radius 3 is 2.67 bits per heavy atom. The van der Waals surface area contributed by atoms with E-state index in [2.05, 4.69) is 0 Å². The molecule has 1 N–H and O–H groups in total. The van der Waals surface area contributed by atoms with Gasteiger partial charge in [0.15, 0.2) is 0 Å². The van der Waals surface area contributed by atoms with Crippen LogP contribution in [-0.2, 0) is 9.16 Å². The molecule has 2 radical (unpaired) electrons. The molecule has 0 aliphatic carbocycles. The predicted molar refractivity (Wildman–Crippen MR) is 60.3 cm³/mol. The maximum atomic E-state index is 9.51. The molecule has 1 rings (SSSR count). The molecule has 82 valence electrons. The number of phenols is 1. The third-order valence-electron chi connectivity index (χ3n) is 1.89. The third-order valence-corrected chi connectivity index (χ3v) is 2.91. The van der Waals surface area contributed by atoms with Gasteiger partial charge in [0.1, 0.15) is 12.0 Å². The molecule has 1 aromatic rings. The lowest BCUT2D eigenvalue weighted by molar-refractivity contribution is -0.0748. The topological polar surface area (TPSA) is 38.7 Å². The molecule has 0 amide bonds. The van der Waals surface area contributed by atoms with Gasteiger partial charge in [-0.15, -0.1) is 0 Å². The van der Waals surface area contributed by atoms with Gasteiger partial charge in [0, 0.05) is 11.8 Å². The Balaban J connectivity index is 2.45. The summed E-state index contributed by atoms with van der Waals surface area (Å²) in [5.41, 5.74) is 0. The van der Waals surface area contributed by atoms with Crippen LogP contribution in [0.15, 0.2) is 24.3 Å². The minimum Gasteiger partial charge on any atom is -0.508 e. The highest BCUT2D eigenvalue weighted by Gasteiger charge is 2.09. The summed E-state index contributed by atoms with van der Waals surface area (Å²) in [4.78, 5) is 0. The van der Waals surface area contributed by atoms with Crippen molar-refractivity contribution in [3.8, 4) is 5.75 Å². The zero-order valence-corrected chi connectivity index (χ0v) is 10.1. The van der Waals surface area contributed by atoms with Gasteiger partial charge in [0.25, 0.3) is 9.76 Å². The summed E-state index contributed by atoms with van der Waals surface area (Å²) in [7, 11) is 0.125. The zero-order chi connectivity index (χ0) is 11.1. The highest BCUT2D eigenvalue weighted by Crippen LogP contribution is 2.04. The molecule has 0 saturated carbocycles. The van der Waals surface area contributed by atoms with E-state index >= 15 is 0 Å². The Morgan fingerprint density at radius 2 is 2.07 bits per heavy atom. The van der Waals surface area contributed by atoms with Gasteiger partial charge in [-0.25, -0.2) is 0 Å². The largest absolute Gasteiger partial charge is 0.508 e. The van der Waals surface area contributed by atoms with Crippen LogP contribution in [0.2, 0.25) is 0 Å². The molecule has 0 aromatic heterocycles. The van der Waals surface area contributed by atoms with Crippen LogP contribution in [0.3, 0.4) is 0 Å². The lowest BCUT2D eigenvalue weighted by Gasteiger charge is -2.15. The van der Waals surface area contributed by atoms with Crippen LogP contribution < -0.4 is 5.19 Å². The van der Waals surface area contributed by atoms with Gasteiger partial charge in [-0.2, -0.15) is 0 Å². The maximum absolute atomic E-state index is 9.51. The molecular weight excluding hydrogens is 208 g/mol. The third kappa shape index (κ3) is 4.03. The Bertz CT molecular complexity index is 291. The van der Waals surface area contributed by atoms with Crippen molar-refractivity contribution in [3.63, 3.8) is 0 Å². The van der Waals surface area contributed by atoms with Crippen molar-refractivity contribution in [3.05, 3.63) is 24.3 Å². The molecule has 1 atom stereocenters. The zero-order valence-electron chi connectivity index (χ0n) is 9.06. The second-order valence-corrected chi connectivity index (χ2v) is 4.01. The smallest absolute Gasteiger partial charge is 0.276 e. The van der Waals surface area contributed by atoms with Crippen LogP contribution in [0, 0.1) is 0 Å². The molecule has 15 heavy (non-hydrogen) atoms. The fourth-order valence-corrected chi connectivity index (χ4v) is 1.96. The molecule has 4 heteroatoms. The molecule has 3 nitrogen and oxygen atoms in total. The molecule has 0 spiro atoms. The molecule has 1 aromatic carbocycles. The summed E-state index contributed by atoms with van der Waals surface area (Å²) in [5, 5.41) is 10.3. The number of phenolic OH excluding ortho intramolecular Hbond substituents is 1. The molecule has 0 bridgehead atoms. The highest BCUT2D eigenvalue weighted by molar-refractivity contribution is 6.48. The fourth-order valence-electron chi connectivity index (χ4n) is 1.11. The van der Waals surface area contributed by atoms with Crippen molar-refractivity contribution in [1.82, 2.24) is 0 Å². The Hall–Kier alpha value is -0.843. The molecule has 0 fully saturated rings. The number of benzene rings is 1. The molecular formula is C11H16O3Si. The fraction of sp³-hybridized carbons (Fsp3) is 0.455. The molecule has 1 unspecified atom stereocenters. The van der Waals surface area contributed by atoms with Crippen LogP contribution >= 0.6 is 0 Å². The highest BCUT2D eigenvalue weighted by atomic mass is 28.2. The summed E-state index contributed by atoms with van der Waals surface area (Å²) < 4.78 is 10.9. The van der Waals surface area contributed by atoms with Crippen molar-refractivity contribution < 1.29 is 14.3 Å². The van der Waals surface area contributed by atoms with Crippen LogP contribution in [0.1, 0.15) is 20.3 Å². The van der Waals surface area contributed by atoms with E-state index in [1.807, 2.05) is 26.0 Å².